The van der Waals surface area contributed by atoms with Gasteiger partial charge in [0.2, 0.25) is 0 Å². The zero-order valence-corrected chi connectivity index (χ0v) is 20.2. The Hall–Kier alpha value is -3.52. The molecule has 35 heavy (non-hydrogen) atoms. The average Bonchev–Trinajstić information content (AvgIpc) is 3.15. The number of hydrogen-bond donors (Lipinski definition) is 2. The quantitative estimate of drug-likeness (QED) is 0.596. The van der Waals surface area contributed by atoms with Crippen LogP contribution < -0.4 is 14.4 Å². The van der Waals surface area contributed by atoms with Gasteiger partial charge >= 0.3 is 0 Å². The van der Waals surface area contributed by atoms with E-state index >= 15 is 0 Å². The zero-order valence-electron chi connectivity index (χ0n) is 20.2. The smallest absolute Gasteiger partial charge is 0.187 e. The molecule has 8 heteroatoms. The Labute approximate surface area is 204 Å². The van der Waals surface area contributed by atoms with Gasteiger partial charge in [-0.3, -0.25) is 9.88 Å². The molecule has 0 saturated carbocycles. The lowest BCUT2D eigenvalue weighted by molar-refractivity contribution is -0.0657. The summed E-state index contributed by atoms with van der Waals surface area (Å²) in [6.45, 7) is 9.87. The maximum atomic E-state index is 10.6. The van der Waals surface area contributed by atoms with Crippen LogP contribution in [0.25, 0.3) is 0 Å². The monoisotopic (exact) mass is 474 g/mol. The highest BCUT2D eigenvalue weighted by atomic mass is 16.6. The van der Waals surface area contributed by atoms with Crippen molar-refractivity contribution in [3.8, 4) is 23.0 Å². The van der Waals surface area contributed by atoms with Crippen LogP contribution in [0.2, 0.25) is 0 Å². The van der Waals surface area contributed by atoms with Gasteiger partial charge in [0.05, 0.1) is 6.20 Å². The first-order valence-electron chi connectivity index (χ1n) is 12.1. The van der Waals surface area contributed by atoms with Crippen LogP contribution in [0.3, 0.4) is 0 Å². The van der Waals surface area contributed by atoms with Crippen LogP contribution in [0.5, 0.6) is 23.0 Å². The van der Waals surface area contributed by atoms with Crippen molar-refractivity contribution in [1.82, 2.24) is 14.9 Å². The molecule has 2 aromatic carbocycles. The number of phenolic OH excluding ortho intramolecular Hbond substituents is 2. The Kier molecular flexibility index (Phi) is 5.03. The number of rotatable bonds is 3. The summed E-state index contributed by atoms with van der Waals surface area (Å²) in [5, 5.41) is 21.0. The zero-order chi connectivity index (χ0) is 24.3. The van der Waals surface area contributed by atoms with Crippen LogP contribution in [0.4, 0.5) is 5.82 Å². The first-order chi connectivity index (χ1) is 16.9. The van der Waals surface area contributed by atoms with Gasteiger partial charge in [-0.15, -0.1) is 0 Å². The van der Waals surface area contributed by atoms with E-state index in [4.69, 9.17) is 9.47 Å². The number of hydrogen-bond acceptors (Lipinski definition) is 8. The average molecular weight is 475 g/mol. The van der Waals surface area contributed by atoms with Gasteiger partial charge in [0, 0.05) is 62.2 Å². The highest BCUT2D eigenvalue weighted by Gasteiger charge is 2.58. The summed E-state index contributed by atoms with van der Waals surface area (Å²) < 4.78 is 13.4. The number of aryl methyl sites for hydroxylation is 2. The number of aromatic hydroxyl groups is 2. The standard InChI is InChI=1S/C27H30N4O4/c1-16-10-23-19(12-21(16)32)18(3)26-27(35-23,20-13-22(33)17(2)11-24(20)34-26)15-30-6-8-31(9-7-30)25-14-28-4-5-29-25/h4-5,10-14,18,26,32-33H,6-9,15H2,1-3H3/t18-,26-,27-/m1/s1. The van der Waals surface area contributed by atoms with E-state index in [1.165, 1.54) is 0 Å². The lowest BCUT2D eigenvalue weighted by Gasteiger charge is -2.46. The summed E-state index contributed by atoms with van der Waals surface area (Å²) in [6, 6.07) is 7.43. The minimum absolute atomic E-state index is 0.0130. The highest BCUT2D eigenvalue weighted by molar-refractivity contribution is 5.57. The van der Waals surface area contributed by atoms with Crippen LogP contribution in [-0.2, 0) is 5.60 Å². The predicted molar refractivity (Wildman–Crippen MR) is 132 cm³/mol. The van der Waals surface area contributed by atoms with Crippen molar-refractivity contribution in [2.75, 3.05) is 37.6 Å². The Morgan fingerprint density at radius 1 is 0.971 bits per heavy atom. The van der Waals surface area contributed by atoms with Crippen LogP contribution in [0, 0.1) is 13.8 Å². The molecule has 3 aliphatic rings. The Bertz CT molecular complexity index is 1280. The molecule has 3 aromatic rings. The van der Waals surface area contributed by atoms with E-state index < -0.39 is 5.60 Å². The molecule has 182 valence electrons. The fraction of sp³-hybridized carbons (Fsp3) is 0.407. The number of piperazine rings is 1. The van der Waals surface area contributed by atoms with Crippen molar-refractivity contribution in [1.29, 1.82) is 0 Å². The molecule has 0 aliphatic carbocycles. The molecule has 1 fully saturated rings. The predicted octanol–water partition coefficient (Wildman–Crippen LogP) is 3.48. The molecule has 6 rings (SSSR count). The van der Waals surface area contributed by atoms with E-state index in [1.807, 2.05) is 32.0 Å². The number of benzene rings is 2. The van der Waals surface area contributed by atoms with E-state index in [2.05, 4.69) is 26.7 Å². The van der Waals surface area contributed by atoms with Crippen molar-refractivity contribution < 1.29 is 19.7 Å². The van der Waals surface area contributed by atoms with Gasteiger partial charge in [0.25, 0.3) is 0 Å². The normalized spacial score (nSPS) is 25.3. The maximum Gasteiger partial charge on any atom is 0.187 e. The molecule has 8 nitrogen and oxygen atoms in total. The van der Waals surface area contributed by atoms with Crippen LogP contribution in [0.15, 0.2) is 42.9 Å². The molecule has 1 saturated heterocycles. The Morgan fingerprint density at radius 2 is 1.69 bits per heavy atom. The second kappa shape index (κ2) is 8.02. The second-order valence-corrected chi connectivity index (χ2v) is 9.96. The largest absolute Gasteiger partial charge is 0.508 e. The number of ether oxygens (including phenoxy) is 2. The summed E-state index contributed by atoms with van der Waals surface area (Å²) in [4.78, 5) is 13.3. The minimum atomic E-state index is -0.773. The second-order valence-electron chi connectivity index (χ2n) is 9.96. The summed E-state index contributed by atoms with van der Waals surface area (Å²) in [6.07, 6.45) is 4.93. The molecule has 0 amide bonds. The SMILES string of the molecule is Cc1cc2c(cc1O)[C@@H](C)[C@H]1Oc3cc(C)c(O)cc3[C@@]1(CN1CCN(c3cnccn3)CC1)O2. The first-order valence-corrected chi connectivity index (χ1v) is 12.1. The molecule has 1 aromatic heterocycles. The van der Waals surface area contributed by atoms with E-state index in [0.717, 1.165) is 65.7 Å². The molecule has 0 bridgehead atoms. The maximum absolute atomic E-state index is 10.6. The van der Waals surface area contributed by atoms with Gasteiger partial charge in [-0.2, -0.15) is 0 Å². The van der Waals surface area contributed by atoms with Crippen molar-refractivity contribution >= 4 is 5.82 Å². The molecule has 3 aliphatic heterocycles. The van der Waals surface area contributed by atoms with Gasteiger partial charge < -0.3 is 24.6 Å². The van der Waals surface area contributed by atoms with E-state index in [-0.39, 0.29) is 23.5 Å². The van der Waals surface area contributed by atoms with Gasteiger partial charge in [-0.25, -0.2) is 4.98 Å². The van der Waals surface area contributed by atoms with Crippen molar-refractivity contribution in [3.63, 3.8) is 0 Å². The minimum Gasteiger partial charge on any atom is -0.508 e. The third kappa shape index (κ3) is 3.46. The molecule has 0 unspecified atom stereocenters. The fourth-order valence-electron chi connectivity index (χ4n) is 5.72. The third-order valence-corrected chi connectivity index (χ3v) is 7.74. The highest BCUT2D eigenvalue weighted by Crippen LogP contribution is 2.55. The number of nitrogens with zero attached hydrogens (tertiary/aromatic N) is 4. The van der Waals surface area contributed by atoms with Gasteiger partial charge in [0.1, 0.15) is 28.8 Å². The molecular weight excluding hydrogens is 444 g/mol. The molecule has 0 spiro atoms. The van der Waals surface area contributed by atoms with Crippen molar-refractivity contribution in [3.05, 3.63) is 65.1 Å². The Balaban J connectivity index is 1.36. The number of anilines is 1. The number of phenols is 2. The third-order valence-electron chi connectivity index (χ3n) is 7.74. The number of fused-ring (bicyclic) bond motifs is 4. The number of aromatic nitrogens is 2. The van der Waals surface area contributed by atoms with Gasteiger partial charge in [-0.05, 0) is 49.2 Å². The van der Waals surface area contributed by atoms with E-state index in [9.17, 15) is 10.2 Å². The lowest BCUT2D eigenvalue weighted by Crippen LogP contribution is -2.58. The summed E-state index contributed by atoms with van der Waals surface area (Å²) >= 11 is 0. The first kappa shape index (κ1) is 22.0. The topological polar surface area (TPSA) is 91.2 Å². The van der Waals surface area contributed by atoms with Crippen molar-refractivity contribution in [2.24, 2.45) is 0 Å². The van der Waals surface area contributed by atoms with Gasteiger partial charge in [0.15, 0.2) is 11.7 Å². The molecule has 2 N–H and O–H groups in total. The van der Waals surface area contributed by atoms with Crippen LogP contribution in [-0.4, -0.2) is 63.9 Å². The van der Waals surface area contributed by atoms with E-state index in [0.29, 0.717) is 6.54 Å². The van der Waals surface area contributed by atoms with E-state index in [1.54, 1.807) is 24.7 Å². The fourth-order valence-corrected chi connectivity index (χ4v) is 5.72. The van der Waals surface area contributed by atoms with Crippen molar-refractivity contribution in [2.45, 2.75) is 38.4 Å². The van der Waals surface area contributed by atoms with Crippen LogP contribution in [0.1, 0.15) is 35.1 Å². The van der Waals surface area contributed by atoms with Gasteiger partial charge in [-0.1, -0.05) is 6.92 Å². The lowest BCUT2D eigenvalue weighted by atomic mass is 9.77. The Morgan fingerprint density at radius 3 is 2.40 bits per heavy atom. The van der Waals surface area contributed by atoms with Crippen LogP contribution >= 0.6 is 0 Å². The molecular formula is C27H30N4O4. The molecule has 3 atom stereocenters. The molecule has 0 radical (unpaired) electrons. The molecule has 4 heterocycles. The summed E-state index contributed by atoms with van der Waals surface area (Å²) in [7, 11) is 0. The summed E-state index contributed by atoms with van der Waals surface area (Å²) in [5.74, 6) is 2.90. The summed E-state index contributed by atoms with van der Waals surface area (Å²) in [5.41, 5.74) is 2.59.